The molecular formula is C37H55F17N4O7. The molecule has 0 aromatic carbocycles. The van der Waals surface area contributed by atoms with Gasteiger partial charge in [0, 0.05) is 65.3 Å². The fraction of sp³-hybridized carbons (Fsp3) is 0.919. The molecule has 0 radical (unpaired) electrons. The molecule has 1 aliphatic heterocycles. The lowest BCUT2D eigenvalue weighted by atomic mass is 9.87. The second-order valence-corrected chi connectivity index (χ2v) is 18.4. The Balaban J connectivity index is 3.62. The van der Waals surface area contributed by atoms with Crippen LogP contribution in [-0.4, -0.2) is 192 Å². The smallest absolute Gasteiger partial charge is 0.459 e. The van der Waals surface area contributed by atoms with Crippen molar-refractivity contribution < 1.29 is 108 Å². The highest BCUT2D eigenvalue weighted by molar-refractivity contribution is 5.73. The molecule has 0 aliphatic carbocycles. The van der Waals surface area contributed by atoms with Gasteiger partial charge in [0.05, 0.1) is 25.7 Å². The van der Waals surface area contributed by atoms with E-state index in [9.17, 15) is 94.1 Å². The Hall–Kier alpha value is -2.98. The van der Waals surface area contributed by atoms with E-state index < -0.39 is 128 Å². The lowest BCUT2D eigenvalue weighted by Crippen LogP contribution is -2.74. The minimum atomic E-state index is -8.79. The summed E-state index contributed by atoms with van der Waals surface area (Å²) >= 11 is 0. The van der Waals surface area contributed by atoms with Crippen LogP contribution >= 0.6 is 0 Å². The SMILES string of the molecule is CC(C)(C)OC(=O)CN1CCN(CC(=O)OC(C)(C)C)CCN(CC(O)CC(F)(F)C(F)(F)C(F)(F)C(F)(F)C(F)(F)C(F)(F)C(F)(F)C(F)(F)F)CCN(CC(=O)OC(C)(C)C)CC1. The largest absolute Gasteiger partial charge is 0.460 e. The van der Waals surface area contributed by atoms with Crippen LogP contribution in [0.1, 0.15) is 68.7 Å². The molecule has 0 bridgehead atoms. The standard InChI is InChI=1S/C37H55F17N4O7/c1-27(2,3)63-24(60)20-56-12-10-55(11-13-57(21-25(61)64-28(4,5)6)15-17-58(16-14-56)22-26(62)65-29(7,8)9)19-23(59)18-30(38,39)31(40,41)32(42,43)33(44,45)34(46,47)35(48,49)36(50,51)37(52,53)54/h23,59H,10-22H2,1-9H3. The minimum absolute atomic E-state index is 0.0100. The Morgan fingerprint density at radius 2 is 0.646 bits per heavy atom. The van der Waals surface area contributed by atoms with Crippen LogP contribution in [0.15, 0.2) is 0 Å². The number of aliphatic hydroxyl groups excluding tert-OH is 1. The van der Waals surface area contributed by atoms with Crippen molar-refractivity contribution in [2.75, 3.05) is 78.5 Å². The maximum atomic E-state index is 14.9. The monoisotopic (exact) mass is 990 g/mol. The number of rotatable bonds is 16. The fourth-order valence-electron chi connectivity index (χ4n) is 5.89. The Morgan fingerprint density at radius 3 is 0.892 bits per heavy atom. The highest BCUT2D eigenvalue weighted by Crippen LogP contribution is 2.64. The third-order valence-electron chi connectivity index (χ3n) is 9.00. The molecule has 1 atom stereocenters. The molecule has 1 saturated heterocycles. The first-order chi connectivity index (χ1) is 28.6. The number of aliphatic hydroxyl groups is 1. The van der Waals surface area contributed by atoms with Gasteiger partial charge < -0.3 is 19.3 Å². The number of ether oxygens (including phenoxy) is 3. The Labute approximate surface area is 363 Å². The Bertz CT molecular complexity index is 1550. The molecule has 1 rings (SSSR count). The summed E-state index contributed by atoms with van der Waals surface area (Å²) in [5.74, 6) is -60.1. The van der Waals surface area contributed by atoms with Crippen LogP contribution in [0.4, 0.5) is 74.6 Å². The van der Waals surface area contributed by atoms with Crippen LogP contribution in [0.5, 0.6) is 0 Å². The Morgan fingerprint density at radius 1 is 0.415 bits per heavy atom. The second-order valence-electron chi connectivity index (χ2n) is 18.4. The maximum Gasteiger partial charge on any atom is 0.460 e. The summed E-state index contributed by atoms with van der Waals surface area (Å²) in [7, 11) is 0. The molecule has 0 aromatic heterocycles. The fourth-order valence-corrected chi connectivity index (χ4v) is 5.89. The number of carbonyl (C=O) groups excluding carboxylic acids is 3. The predicted molar refractivity (Wildman–Crippen MR) is 195 cm³/mol. The highest BCUT2D eigenvalue weighted by Gasteiger charge is 2.95. The topological polar surface area (TPSA) is 112 Å². The van der Waals surface area contributed by atoms with E-state index in [1.807, 2.05) is 0 Å². The normalized spacial score (nSPS) is 18.7. The van der Waals surface area contributed by atoms with Crippen molar-refractivity contribution in [1.82, 2.24) is 19.6 Å². The molecule has 1 N–H and O–H groups in total. The second kappa shape index (κ2) is 20.7. The van der Waals surface area contributed by atoms with Crippen LogP contribution in [0.25, 0.3) is 0 Å². The molecule has 0 saturated carbocycles. The van der Waals surface area contributed by atoms with E-state index in [-0.39, 0.29) is 45.8 Å². The van der Waals surface area contributed by atoms with Crippen molar-refractivity contribution in [3.63, 3.8) is 0 Å². The van der Waals surface area contributed by atoms with Gasteiger partial charge in [0.1, 0.15) is 16.8 Å². The van der Waals surface area contributed by atoms with E-state index in [0.717, 1.165) is 4.90 Å². The number of esters is 3. The predicted octanol–water partition coefficient (Wildman–Crippen LogP) is 6.99. The first kappa shape index (κ1) is 60.0. The van der Waals surface area contributed by atoms with Crippen LogP contribution in [0.2, 0.25) is 0 Å². The first-order valence-electron chi connectivity index (χ1n) is 19.6. The van der Waals surface area contributed by atoms with Gasteiger partial charge in [-0.05, 0) is 62.3 Å². The van der Waals surface area contributed by atoms with E-state index in [2.05, 4.69) is 0 Å². The van der Waals surface area contributed by atoms with E-state index in [1.165, 1.54) is 51.3 Å². The van der Waals surface area contributed by atoms with Gasteiger partial charge in [-0.2, -0.15) is 74.6 Å². The summed E-state index contributed by atoms with van der Waals surface area (Å²) in [6.07, 6.45) is -14.0. The lowest BCUT2D eigenvalue weighted by Gasteiger charge is -2.43. The molecule has 1 fully saturated rings. The number of alkyl halides is 17. The van der Waals surface area contributed by atoms with Crippen molar-refractivity contribution >= 4 is 17.9 Å². The quantitative estimate of drug-likeness (QED) is 0.0982. The molecule has 0 spiro atoms. The number of carbonyl (C=O) groups is 3. The van der Waals surface area contributed by atoms with Gasteiger partial charge in [0.15, 0.2) is 0 Å². The lowest BCUT2D eigenvalue weighted by molar-refractivity contribution is -0.462. The first-order valence-corrected chi connectivity index (χ1v) is 19.6. The third-order valence-corrected chi connectivity index (χ3v) is 9.00. The average molecular weight is 991 g/mol. The average Bonchev–Trinajstić information content (AvgIpc) is 3.05. The van der Waals surface area contributed by atoms with Crippen molar-refractivity contribution in [1.29, 1.82) is 0 Å². The molecule has 0 aromatic rings. The molecule has 1 aliphatic rings. The zero-order valence-corrected chi connectivity index (χ0v) is 36.9. The highest BCUT2D eigenvalue weighted by atomic mass is 19.4. The summed E-state index contributed by atoms with van der Waals surface area (Å²) in [5, 5.41) is 10.5. The van der Waals surface area contributed by atoms with Crippen molar-refractivity contribution in [3.05, 3.63) is 0 Å². The summed E-state index contributed by atoms with van der Waals surface area (Å²) in [6, 6.07) is 0. The van der Waals surface area contributed by atoms with Crippen molar-refractivity contribution in [2.45, 2.75) is 139 Å². The van der Waals surface area contributed by atoms with Crippen molar-refractivity contribution in [2.24, 2.45) is 0 Å². The van der Waals surface area contributed by atoms with E-state index in [4.69, 9.17) is 14.2 Å². The van der Waals surface area contributed by atoms with E-state index in [0.29, 0.717) is 0 Å². The van der Waals surface area contributed by atoms with Crippen LogP contribution in [0.3, 0.4) is 0 Å². The van der Waals surface area contributed by atoms with Crippen molar-refractivity contribution in [3.8, 4) is 0 Å². The van der Waals surface area contributed by atoms with Crippen LogP contribution in [-0.2, 0) is 28.6 Å². The molecule has 65 heavy (non-hydrogen) atoms. The molecule has 11 nitrogen and oxygen atoms in total. The molecular weight excluding hydrogens is 935 g/mol. The van der Waals surface area contributed by atoms with Gasteiger partial charge in [0.2, 0.25) is 0 Å². The van der Waals surface area contributed by atoms with Gasteiger partial charge in [-0.3, -0.25) is 34.0 Å². The Kier molecular flexibility index (Phi) is 19.1. The number of halogens is 17. The molecule has 1 heterocycles. The van der Waals surface area contributed by atoms with Crippen LogP contribution in [0, 0.1) is 0 Å². The summed E-state index contributed by atoms with van der Waals surface area (Å²) in [5.41, 5.74) is -2.93. The maximum absolute atomic E-state index is 14.9. The molecule has 384 valence electrons. The third kappa shape index (κ3) is 15.8. The summed E-state index contributed by atoms with van der Waals surface area (Å²) < 4.78 is 252. The number of hydrogen-bond acceptors (Lipinski definition) is 11. The summed E-state index contributed by atoms with van der Waals surface area (Å²) in [4.78, 5) is 43.8. The zero-order valence-electron chi connectivity index (χ0n) is 36.9. The van der Waals surface area contributed by atoms with E-state index in [1.54, 1.807) is 25.7 Å². The summed E-state index contributed by atoms with van der Waals surface area (Å²) in [6.45, 7) is 9.67. The zero-order chi connectivity index (χ0) is 51.4. The molecule has 28 heteroatoms. The van der Waals surface area contributed by atoms with Gasteiger partial charge in [-0.15, -0.1) is 0 Å². The molecule has 0 amide bonds. The minimum Gasteiger partial charge on any atom is -0.459 e. The van der Waals surface area contributed by atoms with Gasteiger partial charge in [-0.1, -0.05) is 0 Å². The van der Waals surface area contributed by atoms with Gasteiger partial charge in [0.25, 0.3) is 0 Å². The van der Waals surface area contributed by atoms with Crippen LogP contribution < -0.4 is 0 Å². The molecule has 1 unspecified atom stereocenters. The number of hydrogen-bond donors (Lipinski definition) is 1. The number of β-amino-alcohol motifs (C(OH)–C–C–N with tert-alkyl or cyclic N) is 1. The van der Waals surface area contributed by atoms with Gasteiger partial charge >= 0.3 is 65.5 Å². The number of nitrogens with zero attached hydrogens (tertiary/aromatic N) is 4. The van der Waals surface area contributed by atoms with E-state index >= 15 is 0 Å². The van der Waals surface area contributed by atoms with Gasteiger partial charge in [-0.25, -0.2) is 0 Å².